The molecule has 0 bridgehead atoms. The number of aromatic nitrogens is 2. The Labute approximate surface area is 131 Å². The zero-order valence-corrected chi connectivity index (χ0v) is 12.8. The molecule has 0 unspecified atom stereocenters. The number of rotatable bonds is 2. The summed E-state index contributed by atoms with van der Waals surface area (Å²) in [5.41, 5.74) is 1.61. The monoisotopic (exact) mass is 325 g/mol. The molecule has 1 fully saturated rings. The van der Waals surface area contributed by atoms with E-state index in [1.165, 1.54) is 31.4 Å². The van der Waals surface area contributed by atoms with E-state index in [4.69, 9.17) is 0 Å². The van der Waals surface area contributed by atoms with E-state index in [0.717, 1.165) is 24.2 Å². The first-order valence-electron chi connectivity index (χ1n) is 7.73. The number of fused-ring (bicyclic) bond motifs is 1. The van der Waals surface area contributed by atoms with Gasteiger partial charge in [0.15, 0.2) is 0 Å². The minimum absolute atomic E-state index is 0.105. The van der Waals surface area contributed by atoms with Crippen molar-refractivity contribution in [2.45, 2.75) is 51.2 Å². The molecule has 2 aromatic rings. The standard InChI is InChI=1S/C16H18F3N3O/c1-10-20-13-9-11(21-15(23)16(17,18)19)7-8-14(13)22(10)12-5-3-2-4-6-12/h7-9,12H,2-6H2,1H3,(H,21,23). The van der Waals surface area contributed by atoms with E-state index < -0.39 is 12.1 Å². The predicted molar refractivity (Wildman–Crippen MR) is 81.3 cm³/mol. The van der Waals surface area contributed by atoms with Gasteiger partial charge in [0, 0.05) is 11.7 Å². The number of amides is 1. The number of aryl methyl sites for hydroxylation is 1. The van der Waals surface area contributed by atoms with Crippen molar-refractivity contribution < 1.29 is 18.0 Å². The average Bonchev–Trinajstić information content (AvgIpc) is 2.82. The van der Waals surface area contributed by atoms with Crippen molar-refractivity contribution in [2.24, 2.45) is 0 Å². The molecule has 3 rings (SSSR count). The van der Waals surface area contributed by atoms with Crippen molar-refractivity contribution in [3.63, 3.8) is 0 Å². The molecule has 0 atom stereocenters. The molecule has 1 N–H and O–H groups in total. The van der Waals surface area contributed by atoms with Crippen LogP contribution in [0, 0.1) is 6.92 Å². The topological polar surface area (TPSA) is 46.9 Å². The van der Waals surface area contributed by atoms with Gasteiger partial charge in [-0.1, -0.05) is 19.3 Å². The number of halogens is 3. The van der Waals surface area contributed by atoms with Crippen molar-refractivity contribution in [2.75, 3.05) is 5.32 Å². The number of alkyl halides is 3. The lowest BCUT2D eigenvalue weighted by Crippen LogP contribution is -2.29. The van der Waals surface area contributed by atoms with Gasteiger partial charge in [-0.05, 0) is 38.0 Å². The quantitative estimate of drug-likeness (QED) is 0.892. The molecule has 1 saturated carbocycles. The second-order valence-corrected chi connectivity index (χ2v) is 5.98. The van der Waals surface area contributed by atoms with Gasteiger partial charge in [-0.2, -0.15) is 13.2 Å². The number of nitrogens with zero attached hydrogens (tertiary/aromatic N) is 2. The summed E-state index contributed by atoms with van der Waals surface area (Å²) >= 11 is 0. The van der Waals surface area contributed by atoms with Gasteiger partial charge in [0.25, 0.3) is 0 Å². The lowest BCUT2D eigenvalue weighted by molar-refractivity contribution is -0.167. The number of anilines is 1. The number of carbonyl (C=O) groups is 1. The summed E-state index contributed by atoms with van der Waals surface area (Å²) in [6.07, 6.45) is 0.910. The summed E-state index contributed by atoms with van der Waals surface area (Å²) < 4.78 is 39.2. The number of nitrogens with one attached hydrogen (secondary N) is 1. The highest BCUT2D eigenvalue weighted by Gasteiger charge is 2.38. The second-order valence-electron chi connectivity index (χ2n) is 5.98. The highest BCUT2D eigenvalue weighted by molar-refractivity contribution is 5.96. The number of hydrogen-bond donors (Lipinski definition) is 1. The van der Waals surface area contributed by atoms with Crippen LogP contribution in [-0.4, -0.2) is 21.6 Å². The van der Waals surface area contributed by atoms with Crippen LogP contribution in [0.5, 0.6) is 0 Å². The normalized spacial score (nSPS) is 16.7. The Bertz CT molecular complexity index is 730. The molecule has 0 spiro atoms. The number of hydrogen-bond acceptors (Lipinski definition) is 2. The first-order valence-corrected chi connectivity index (χ1v) is 7.73. The van der Waals surface area contributed by atoms with E-state index in [2.05, 4.69) is 9.55 Å². The van der Waals surface area contributed by atoms with Gasteiger partial charge < -0.3 is 9.88 Å². The lowest BCUT2D eigenvalue weighted by Gasteiger charge is -2.25. The maximum absolute atomic E-state index is 12.3. The third-order valence-electron chi connectivity index (χ3n) is 4.32. The van der Waals surface area contributed by atoms with Gasteiger partial charge in [0.2, 0.25) is 0 Å². The molecule has 0 radical (unpaired) electrons. The highest BCUT2D eigenvalue weighted by atomic mass is 19.4. The fourth-order valence-electron chi connectivity index (χ4n) is 3.30. The Morgan fingerprint density at radius 2 is 1.96 bits per heavy atom. The van der Waals surface area contributed by atoms with Gasteiger partial charge in [-0.15, -0.1) is 0 Å². The molecular formula is C16H18F3N3O. The smallest absolute Gasteiger partial charge is 0.325 e. The van der Waals surface area contributed by atoms with Crippen molar-refractivity contribution in [3.05, 3.63) is 24.0 Å². The number of carbonyl (C=O) groups excluding carboxylic acids is 1. The van der Waals surface area contributed by atoms with E-state index in [1.807, 2.05) is 12.2 Å². The fourth-order valence-corrected chi connectivity index (χ4v) is 3.30. The molecule has 1 aliphatic rings. The number of benzene rings is 1. The van der Waals surface area contributed by atoms with Crippen LogP contribution >= 0.6 is 0 Å². The van der Waals surface area contributed by atoms with E-state index in [0.29, 0.717) is 11.6 Å². The maximum atomic E-state index is 12.3. The molecule has 7 heteroatoms. The molecule has 1 amide bonds. The SMILES string of the molecule is Cc1nc2cc(NC(=O)C(F)(F)F)ccc2n1C1CCCCC1. The largest absolute Gasteiger partial charge is 0.471 e. The summed E-state index contributed by atoms with van der Waals surface area (Å²) in [7, 11) is 0. The summed E-state index contributed by atoms with van der Waals surface area (Å²) in [6.45, 7) is 1.91. The molecule has 1 aromatic carbocycles. The van der Waals surface area contributed by atoms with Crippen LogP contribution in [0.4, 0.5) is 18.9 Å². The van der Waals surface area contributed by atoms with Gasteiger partial charge in [-0.3, -0.25) is 4.79 Å². The minimum atomic E-state index is -4.90. The second kappa shape index (κ2) is 5.86. The van der Waals surface area contributed by atoms with E-state index in [1.54, 1.807) is 6.07 Å². The van der Waals surface area contributed by atoms with E-state index in [-0.39, 0.29) is 5.69 Å². The van der Waals surface area contributed by atoms with Gasteiger partial charge in [0.05, 0.1) is 11.0 Å². The number of imidazole rings is 1. The van der Waals surface area contributed by atoms with Crippen LogP contribution in [-0.2, 0) is 4.79 Å². The molecular weight excluding hydrogens is 307 g/mol. The third-order valence-corrected chi connectivity index (χ3v) is 4.32. The molecule has 23 heavy (non-hydrogen) atoms. The molecule has 1 aliphatic carbocycles. The van der Waals surface area contributed by atoms with Crippen LogP contribution < -0.4 is 5.32 Å². The Kier molecular flexibility index (Phi) is 4.04. The fraction of sp³-hybridized carbons (Fsp3) is 0.500. The summed E-state index contributed by atoms with van der Waals surface area (Å²) in [4.78, 5) is 15.5. The predicted octanol–water partition coefficient (Wildman–Crippen LogP) is 4.35. The highest BCUT2D eigenvalue weighted by Crippen LogP contribution is 2.33. The third kappa shape index (κ3) is 3.18. The van der Waals surface area contributed by atoms with Crippen LogP contribution in [0.1, 0.15) is 44.0 Å². The van der Waals surface area contributed by atoms with Crippen LogP contribution in [0.25, 0.3) is 11.0 Å². The summed E-state index contributed by atoms with van der Waals surface area (Å²) in [5, 5.41) is 1.87. The molecule has 124 valence electrons. The van der Waals surface area contributed by atoms with Crippen molar-refractivity contribution in [3.8, 4) is 0 Å². The van der Waals surface area contributed by atoms with Gasteiger partial charge in [0.1, 0.15) is 5.82 Å². The molecule has 0 saturated heterocycles. The zero-order valence-electron chi connectivity index (χ0n) is 12.8. The molecule has 1 aromatic heterocycles. The van der Waals surface area contributed by atoms with Crippen molar-refractivity contribution in [1.82, 2.24) is 9.55 Å². The first kappa shape index (κ1) is 15.8. The van der Waals surface area contributed by atoms with Crippen LogP contribution in [0.2, 0.25) is 0 Å². The Morgan fingerprint density at radius 3 is 2.61 bits per heavy atom. The van der Waals surface area contributed by atoms with Crippen LogP contribution in [0.15, 0.2) is 18.2 Å². The lowest BCUT2D eigenvalue weighted by atomic mass is 9.95. The summed E-state index contributed by atoms with van der Waals surface area (Å²) in [6, 6.07) is 5.11. The summed E-state index contributed by atoms with van der Waals surface area (Å²) in [5.74, 6) is -1.12. The van der Waals surface area contributed by atoms with Crippen molar-refractivity contribution >= 4 is 22.6 Å². The van der Waals surface area contributed by atoms with Gasteiger partial charge >= 0.3 is 12.1 Å². The first-order chi connectivity index (χ1) is 10.9. The Balaban J connectivity index is 1.91. The molecule has 4 nitrogen and oxygen atoms in total. The van der Waals surface area contributed by atoms with Crippen LogP contribution in [0.3, 0.4) is 0 Å². The van der Waals surface area contributed by atoms with E-state index in [9.17, 15) is 18.0 Å². The zero-order chi connectivity index (χ0) is 16.6. The van der Waals surface area contributed by atoms with E-state index >= 15 is 0 Å². The Morgan fingerprint density at radius 1 is 1.26 bits per heavy atom. The average molecular weight is 325 g/mol. The maximum Gasteiger partial charge on any atom is 0.471 e. The minimum Gasteiger partial charge on any atom is -0.325 e. The molecule has 1 heterocycles. The van der Waals surface area contributed by atoms with Crippen molar-refractivity contribution in [1.29, 1.82) is 0 Å². The Hall–Kier alpha value is -2.05. The van der Waals surface area contributed by atoms with Gasteiger partial charge in [-0.25, -0.2) is 4.98 Å². The molecule has 0 aliphatic heterocycles.